The number of hydrogen-bond acceptors (Lipinski definition) is 5. The molecule has 7 heteroatoms. The summed E-state index contributed by atoms with van der Waals surface area (Å²) in [5, 5.41) is 5.81. The van der Waals surface area contributed by atoms with E-state index in [0.29, 0.717) is 12.4 Å². The zero-order valence-corrected chi connectivity index (χ0v) is 10.9. The van der Waals surface area contributed by atoms with E-state index in [1.54, 1.807) is 12.4 Å². The van der Waals surface area contributed by atoms with Gasteiger partial charge in [-0.15, -0.1) is 0 Å². The zero-order valence-electron chi connectivity index (χ0n) is 10.9. The minimum absolute atomic E-state index is 0.390. The molecule has 0 atom stereocenters. The normalized spacial score (nSPS) is 12.2. The van der Waals surface area contributed by atoms with Crippen molar-refractivity contribution in [2.75, 3.05) is 17.3 Å². The van der Waals surface area contributed by atoms with Gasteiger partial charge in [0.05, 0.1) is 11.4 Å². The first-order valence-electron chi connectivity index (χ1n) is 6.13. The Bertz CT molecular complexity index is 672. The van der Waals surface area contributed by atoms with Crippen LogP contribution in [0.2, 0.25) is 0 Å². The lowest BCUT2D eigenvalue weighted by atomic mass is 10.1. The van der Waals surface area contributed by atoms with Crippen LogP contribution in [-0.4, -0.2) is 23.0 Å². The van der Waals surface area contributed by atoms with Crippen LogP contribution in [0, 0.1) is 0 Å². The van der Waals surface area contributed by atoms with Gasteiger partial charge in [-0.3, -0.25) is 0 Å². The second-order valence-corrected chi connectivity index (χ2v) is 4.48. The first-order valence-corrected chi connectivity index (χ1v) is 6.13. The molecule has 1 aromatic carbocycles. The van der Waals surface area contributed by atoms with E-state index in [1.807, 2.05) is 30.1 Å². The third-order valence-electron chi connectivity index (χ3n) is 3.14. The van der Waals surface area contributed by atoms with Crippen molar-refractivity contribution in [3.05, 3.63) is 36.2 Å². The fourth-order valence-electron chi connectivity index (χ4n) is 2.18. The van der Waals surface area contributed by atoms with Crippen LogP contribution in [0.4, 0.5) is 27.8 Å². The molecule has 1 aliphatic heterocycles. The molecule has 2 aromatic rings. The van der Waals surface area contributed by atoms with E-state index in [0.717, 1.165) is 22.8 Å². The number of fused-ring (bicyclic) bond motifs is 2. The molecule has 7 nitrogen and oxygen atoms in total. The smallest absolute Gasteiger partial charge is 0.312 e. The van der Waals surface area contributed by atoms with Crippen LogP contribution in [0.5, 0.6) is 0 Å². The van der Waals surface area contributed by atoms with Crippen LogP contribution in [0.15, 0.2) is 30.6 Å². The maximum Gasteiger partial charge on any atom is 0.312 e. The van der Waals surface area contributed by atoms with Crippen molar-refractivity contribution in [3.63, 3.8) is 0 Å². The highest BCUT2D eigenvalue weighted by atomic mass is 16.2. The predicted molar refractivity (Wildman–Crippen MR) is 76.2 cm³/mol. The van der Waals surface area contributed by atoms with Crippen LogP contribution in [0.25, 0.3) is 0 Å². The van der Waals surface area contributed by atoms with Crippen LogP contribution < -0.4 is 21.3 Å². The molecule has 2 amide bonds. The standard InChI is InChI=1S/C13H14N6O/c1-19-10-3-2-8(7-17-13(14)20)6-9(10)18-11-12(19)16-5-4-15-11/h2-6H,7H2,1H3,(H,15,18)(H3,14,17,20). The Morgan fingerprint density at radius 3 is 3.00 bits per heavy atom. The van der Waals surface area contributed by atoms with Crippen molar-refractivity contribution in [3.8, 4) is 0 Å². The van der Waals surface area contributed by atoms with E-state index in [4.69, 9.17) is 5.73 Å². The van der Waals surface area contributed by atoms with Crippen molar-refractivity contribution in [1.29, 1.82) is 0 Å². The quantitative estimate of drug-likeness (QED) is 0.768. The number of aromatic nitrogens is 2. The molecule has 4 N–H and O–H groups in total. The molecule has 0 aliphatic carbocycles. The molecule has 0 unspecified atom stereocenters. The Hall–Kier alpha value is -2.83. The second kappa shape index (κ2) is 4.69. The van der Waals surface area contributed by atoms with Gasteiger partial charge in [0.2, 0.25) is 0 Å². The Morgan fingerprint density at radius 2 is 2.20 bits per heavy atom. The number of nitrogens with two attached hydrogens (primary N) is 1. The maximum absolute atomic E-state index is 10.7. The van der Waals surface area contributed by atoms with E-state index in [1.165, 1.54) is 0 Å². The third-order valence-corrected chi connectivity index (χ3v) is 3.14. The number of hydrogen-bond donors (Lipinski definition) is 3. The SMILES string of the molecule is CN1c2ccc(CNC(N)=O)cc2Nc2nccnc21. The van der Waals surface area contributed by atoms with Gasteiger partial charge in [-0.2, -0.15) is 0 Å². The molecule has 0 saturated carbocycles. The Balaban J connectivity index is 1.92. The number of amides is 2. The minimum Gasteiger partial charge on any atom is -0.352 e. The topological polar surface area (TPSA) is 96.2 Å². The average molecular weight is 270 g/mol. The van der Waals surface area contributed by atoms with Gasteiger partial charge in [0.25, 0.3) is 0 Å². The van der Waals surface area contributed by atoms with Gasteiger partial charge < -0.3 is 21.3 Å². The van der Waals surface area contributed by atoms with Crippen LogP contribution in [0.3, 0.4) is 0 Å². The largest absolute Gasteiger partial charge is 0.352 e. The van der Waals surface area contributed by atoms with Gasteiger partial charge in [0.1, 0.15) is 0 Å². The third kappa shape index (κ3) is 2.09. The van der Waals surface area contributed by atoms with E-state index >= 15 is 0 Å². The molecule has 3 rings (SSSR count). The first kappa shape index (κ1) is 12.2. The summed E-state index contributed by atoms with van der Waals surface area (Å²) in [6, 6.07) is 5.33. The lowest BCUT2D eigenvalue weighted by Gasteiger charge is -2.29. The monoisotopic (exact) mass is 270 g/mol. The molecule has 0 bridgehead atoms. The van der Waals surface area contributed by atoms with Crippen LogP contribution in [-0.2, 0) is 6.54 Å². The predicted octanol–water partition coefficient (Wildman–Crippen LogP) is 1.47. The van der Waals surface area contributed by atoms with E-state index in [2.05, 4.69) is 20.6 Å². The van der Waals surface area contributed by atoms with Crippen molar-refractivity contribution in [2.24, 2.45) is 5.73 Å². The second-order valence-electron chi connectivity index (χ2n) is 4.48. The summed E-state index contributed by atoms with van der Waals surface area (Å²) < 4.78 is 0. The van der Waals surface area contributed by atoms with Crippen molar-refractivity contribution >= 4 is 29.0 Å². The summed E-state index contributed by atoms with van der Waals surface area (Å²) >= 11 is 0. The minimum atomic E-state index is -0.538. The number of primary amides is 1. The fourth-order valence-corrected chi connectivity index (χ4v) is 2.18. The van der Waals surface area contributed by atoms with Gasteiger partial charge >= 0.3 is 6.03 Å². The van der Waals surface area contributed by atoms with Crippen LogP contribution in [0.1, 0.15) is 5.56 Å². The number of carbonyl (C=O) groups excluding carboxylic acids is 1. The lowest BCUT2D eigenvalue weighted by molar-refractivity contribution is 0.248. The molecule has 0 radical (unpaired) electrons. The summed E-state index contributed by atoms with van der Waals surface area (Å²) in [7, 11) is 1.94. The summed E-state index contributed by atoms with van der Waals surface area (Å²) in [6.45, 7) is 0.390. The van der Waals surface area contributed by atoms with Gasteiger partial charge in [-0.05, 0) is 17.7 Å². The van der Waals surface area contributed by atoms with Gasteiger partial charge in [-0.25, -0.2) is 14.8 Å². The Kier molecular flexibility index (Phi) is 2.86. The lowest BCUT2D eigenvalue weighted by Crippen LogP contribution is -2.28. The Morgan fingerprint density at radius 1 is 1.40 bits per heavy atom. The highest BCUT2D eigenvalue weighted by Crippen LogP contribution is 2.40. The molecule has 0 spiro atoms. The highest BCUT2D eigenvalue weighted by molar-refractivity contribution is 5.88. The summed E-state index contributed by atoms with van der Waals surface area (Å²) in [6.07, 6.45) is 3.30. The summed E-state index contributed by atoms with van der Waals surface area (Å²) in [4.78, 5) is 21.3. The van der Waals surface area contributed by atoms with Gasteiger partial charge in [-0.1, -0.05) is 6.07 Å². The maximum atomic E-state index is 10.7. The highest BCUT2D eigenvalue weighted by Gasteiger charge is 2.21. The number of nitrogens with zero attached hydrogens (tertiary/aromatic N) is 3. The van der Waals surface area contributed by atoms with E-state index in [9.17, 15) is 4.79 Å². The van der Waals surface area contributed by atoms with Crippen molar-refractivity contribution in [1.82, 2.24) is 15.3 Å². The summed E-state index contributed by atoms with van der Waals surface area (Å²) in [5.41, 5.74) is 7.95. The molecule has 102 valence electrons. The molecular formula is C13H14N6O. The number of benzene rings is 1. The zero-order chi connectivity index (χ0) is 14.1. The van der Waals surface area contributed by atoms with E-state index in [-0.39, 0.29) is 0 Å². The fraction of sp³-hybridized carbons (Fsp3) is 0.154. The molecule has 1 aliphatic rings. The van der Waals surface area contributed by atoms with Crippen molar-refractivity contribution in [2.45, 2.75) is 6.54 Å². The summed E-state index contributed by atoms with van der Waals surface area (Å²) in [5.74, 6) is 1.49. The molecule has 0 fully saturated rings. The number of carbonyl (C=O) groups is 1. The first-order chi connectivity index (χ1) is 9.65. The molecule has 1 aromatic heterocycles. The molecular weight excluding hydrogens is 256 g/mol. The molecule has 20 heavy (non-hydrogen) atoms. The van der Waals surface area contributed by atoms with Crippen LogP contribution >= 0.6 is 0 Å². The molecule has 2 heterocycles. The van der Waals surface area contributed by atoms with E-state index < -0.39 is 6.03 Å². The average Bonchev–Trinajstić information content (AvgIpc) is 2.45. The van der Waals surface area contributed by atoms with Crippen molar-refractivity contribution < 1.29 is 4.79 Å². The number of anilines is 4. The Labute approximate surface area is 115 Å². The molecule has 0 saturated heterocycles. The van der Waals surface area contributed by atoms with Gasteiger partial charge in [0.15, 0.2) is 11.6 Å². The van der Waals surface area contributed by atoms with Gasteiger partial charge in [0, 0.05) is 26.0 Å². The number of urea groups is 1. The number of rotatable bonds is 2. The number of nitrogens with one attached hydrogen (secondary N) is 2.